The number of benzene rings is 2. The highest BCUT2D eigenvalue weighted by Gasteiger charge is 2.49. The molecule has 0 aliphatic carbocycles. The van der Waals surface area contributed by atoms with Crippen molar-refractivity contribution in [2.75, 3.05) is 26.7 Å². The first-order valence-corrected chi connectivity index (χ1v) is 14.9. The summed E-state index contributed by atoms with van der Waals surface area (Å²) in [5, 5.41) is 2.56. The summed E-state index contributed by atoms with van der Waals surface area (Å²) < 4.78 is 17.3. The van der Waals surface area contributed by atoms with Gasteiger partial charge in [0.2, 0.25) is 0 Å². The molecule has 0 aromatic heterocycles. The summed E-state index contributed by atoms with van der Waals surface area (Å²) in [7, 11) is -1.75. The van der Waals surface area contributed by atoms with E-state index in [0.717, 1.165) is 25.7 Å². The summed E-state index contributed by atoms with van der Waals surface area (Å²) >= 11 is 0. The summed E-state index contributed by atoms with van der Waals surface area (Å²) in [6.45, 7) is 7.69. The number of rotatable bonds is 9. The molecule has 3 rings (SSSR count). The van der Waals surface area contributed by atoms with Crippen LogP contribution in [0.15, 0.2) is 60.7 Å². The molecular weight excluding hydrogens is 481 g/mol. The van der Waals surface area contributed by atoms with Gasteiger partial charge in [-0.05, 0) is 35.3 Å². The topological polar surface area (TPSA) is 65.1 Å². The average molecular weight is 520 g/mol. The molecule has 8 heteroatoms. The maximum atomic E-state index is 11.8. The van der Waals surface area contributed by atoms with Crippen molar-refractivity contribution in [3.05, 3.63) is 60.7 Å². The number of hydrogen-bond donors (Lipinski definition) is 0. The first-order valence-electron chi connectivity index (χ1n) is 13.0. The van der Waals surface area contributed by atoms with Gasteiger partial charge >= 0.3 is 19.1 Å². The van der Waals surface area contributed by atoms with E-state index in [4.69, 9.17) is 13.7 Å². The molecule has 0 radical (unpaired) electrons. The van der Waals surface area contributed by atoms with Crippen LogP contribution in [0.4, 0.5) is 0 Å². The molecule has 0 unspecified atom stereocenters. The molecule has 1 aliphatic heterocycles. The molecule has 0 atom stereocenters. The fourth-order valence-electron chi connectivity index (χ4n) is 4.69. The van der Waals surface area contributed by atoms with Gasteiger partial charge in [-0.25, -0.2) is 0 Å². The molecule has 2 aromatic rings. The van der Waals surface area contributed by atoms with Gasteiger partial charge in [-0.1, -0.05) is 87.9 Å². The standard InChI is InChI=1S/C29H38BNO5Si/c1-29(2,3)37(25-17-11-9-12-18-25,26-19-13-10-14-20-26)34-22-16-8-6-5-7-15-21-30-35-27(32)23-31(4)24-28(33)36-30/h9-14,17-20H,5-6,8,16,21-24H2,1-4H3. The second-order valence-corrected chi connectivity index (χ2v) is 14.8. The van der Waals surface area contributed by atoms with E-state index >= 15 is 0 Å². The van der Waals surface area contributed by atoms with Gasteiger partial charge in [0.1, 0.15) is 0 Å². The fourth-order valence-corrected chi connectivity index (χ4v) is 9.30. The van der Waals surface area contributed by atoms with Crippen molar-refractivity contribution in [2.24, 2.45) is 0 Å². The Bertz CT molecular complexity index is 1020. The SMILES string of the molecule is CN1CC(=O)OB(CC#CCCCCCO[Si](c2ccccc2)(c2ccccc2)C(C)(C)C)OC(=O)C1. The van der Waals surface area contributed by atoms with Crippen LogP contribution >= 0.6 is 0 Å². The van der Waals surface area contributed by atoms with Gasteiger partial charge in [-0.2, -0.15) is 0 Å². The summed E-state index contributed by atoms with van der Waals surface area (Å²) in [5.41, 5.74) is 0. The molecule has 0 amide bonds. The van der Waals surface area contributed by atoms with Crippen LogP contribution in [0.1, 0.15) is 46.5 Å². The van der Waals surface area contributed by atoms with Crippen LogP contribution in [0.2, 0.25) is 11.4 Å². The molecule has 1 aliphatic rings. The monoisotopic (exact) mass is 519 g/mol. The van der Waals surface area contributed by atoms with Crippen LogP contribution < -0.4 is 10.4 Å². The molecule has 0 saturated carbocycles. The highest BCUT2D eigenvalue weighted by Crippen LogP contribution is 2.36. The van der Waals surface area contributed by atoms with Crippen molar-refractivity contribution in [1.82, 2.24) is 4.90 Å². The minimum atomic E-state index is -2.49. The maximum absolute atomic E-state index is 11.8. The molecule has 1 saturated heterocycles. The molecule has 0 spiro atoms. The zero-order valence-corrected chi connectivity index (χ0v) is 23.5. The van der Waals surface area contributed by atoms with Crippen LogP contribution in [0.3, 0.4) is 0 Å². The van der Waals surface area contributed by atoms with Crippen LogP contribution in [0, 0.1) is 11.8 Å². The zero-order chi connectivity index (χ0) is 26.7. The average Bonchev–Trinajstić information content (AvgIpc) is 2.84. The third-order valence-electron chi connectivity index (χ3n) is 6.40. The molecule has 6 nitrogen and oxygen atoms in total. The van der Waals surface area contributed by atoms with Gasteiger partial charge in [-0.15, -0.1) is 11.8 Å². The van der Waals surface area contributed by atoms with Gasteiger partial charge in [0.25, 0.3) is 8.32 Å². The summed E-state index contributed by atoms with van der Waals surface area (Å²) in [5.74, 6) is 5.28. The third-order valence-corrected chi connectivity index (χ3v) is 11.4. The van der Waals surface area contributed by atoms with Crippen molar-refractivity contribution >= 4 is 37.7 Å². The van der Waals surface area contributed by atoms with E-state index in [1.165, 1.54) is 10.4 Å². The summed E-state index contributed by atoms with van der Waals surface area (Å²) in [6.07, 6.45) is 3.84. The number of nitrogens with zero attached hydrogens (tertiary/aromatic N) is 1. The number of unbranched alkanes of at least 4 members (excludes halogenated alkanes) is 3. The Morgan fingerprint density at radius 2 is 1.41 bits per heavy atom. The predicted molar refractivity (Wildman–Crippen MR) is 150 cm³/mol. The number of carbonyl (C=O) groups is 2. The minimum absolute atomic E-state index is 0.0273. The van der Waals surface area contributed by atoms with Crippen molar-refractivity contribution in [3.8, 4) is 11.8 Å². The zero-order valence-electron chi connectivity index (χ0n) is 22.5. The maximum Gasteiger partial charge on any atom is 0.611 e. The van der Waals surface area contributed by atoms with Gasteiger partial charge in [-0.3, -0.25) is 14.5 Å². The Balaban J connectivity index is 1.51. The number of hydrogen-bond acceptors (Lipinski definition) is 6. The van der Waals surface area contributed by atoms with E-state index in [2.05, 4.69) is 93.3 Å². The van der Waals surface area contributed by atoms with E-state index in [-0.39, 0.29) is 24.4 Å². The second kappa shape index (κ2) is 13.6. The van der Waals surface area contributed by atoms with Crippen molar-refractivity contribution in [2.45, 2.75) is 57.8 Å². The molecule has 196 valence electrons. The Morgan fingerprint density at radius 3 is 1.92 bits per heavy atom. The molecule has 0 bridgehead atoms. The van der Waals surface area contributed by atoms with E-state index in [1.807, 2.05) is 0 Å². The lowest BCUT2D eigenvalue weighted by Gasteiger charge is -2.43. The number of carbonyl (C=O) groups excluding carboxylic acids is 2. The highest BCUT2D eigenvalue weighted by molar-refractivity contribution is 6.99. The largest absolute Gasteiger partial charge is 0.611 e. The van der Waals surface area contributed by atoms with E-state index < -0.39 is 27.4 Å². The van der Waals surface area contributed by atoms with Crippen molar-refractivity contribution in [3.63, 3.8) is 0 Å². The first-order chi connectivity index (χ1) is 17.7. The van der Waals surface area contributed by atoms with E-state index in [0.29, 0.717) is 6.61 Å². The Morgan fingerprint density at radius 1 is 0.865 bits per heavy atom. The molecule has 37 heavy (non-hydrogen) atoms. The quantitative estimate of drug-likeness (QED) is 0.286. The Labute approximate surface area is 223 Å². The van der Waals surface area contributed by atoms with E-state index in [9.17, 15) is 9.59 Å². The van der Waals surface area contributed by atoms with Crippen molar-refractivity contribution < 1.29 is 23.3 Å². The Kier molecular flexibility index (Phi) is 10.6. The molecule has 1 heterocycles. The predicted octanol–water partition coefficient (Wildman–Crippen LogP) is 3.65. The fraction of sp³-hybridized carbons (Fsp3) is 0.448. The Hall–Kier alpha value is -2.86. The van der Waals surface area contributed by atoms with Crippen molar-refractivity contribution in [1.29, 1.82) is 0 Å². The van der Waals surface area contributed by atoms with Crippen LogP contribution in [0.5, 0.6) is 0 Å². The van der Waals surface area contributed by atoms with Crippen LogP contribution in [-0.4, -0.2) is 59.0 Å². The van der Waals surface area contributed by atoms with Crippen LogP contribution in [-0.2, 0) is 23.3 Å². The third kappa shape index (κ3) is 8.06. The molecule has 1 fully saturated rings. The van der Waals surface area contributed by atoms with Crippen LogP contribution in [0.25, 0.3) is 0 Å². The first kappa shape index (κ1) is 28.7. The lowest BCUT2D eigenvalue weighted by Crippen LogP contribution is -2.66. The van der Waals surface area contributed by atoms with Gasteiger partial charge in [0, 0.05) is 13.0 Å². The lowest BCUT2D eigenvalue weighted by atomic mass is 9.84. The molecule has 0 N–H and O–H groups in total. The number of likely N-dealkylation sites (N-methyl/N-ethyl adjacent to an activating group) is 1. The molecule has 2 aromatic carbocycles. The second-order valence-electron chi connectivity index (χ2n) is 10.5. The molecular formula is C29H38BNO5Si. The smallest absolute Gasteiger partial charge is 0.498 e. The van der Waals surface area contributed by atoms with Gasteiger partial charge < -0.3 is 13.7 Å². The summed E-state index contributed by atoms with van der Waals surface area (Å²) in [6, 6.07) is 21.4. The van der Waals surface area contributed by atoms with E-state index in [1.54, 1.807) is 11.9 Å². The van der Waals surface area contributed by atoms with Gasteiger partial charge in [0.05, 0.1) is 19.4 Å². The normalized spacial score (nSPS) is 15.2. The lowest BCUT2D eigenvalue weighted by molar-refractivity contribution is -0.145. The minimum Gasteiger partial charge on any atom is -0.498 e. The highest BCUT2D eigenvalue weighted by atomic mass is 28.4. The van der Waals surface area contributed by atoms with Gasteiger partial charge in [0.15, 0.2) is 0 Å². The summed E-state index contributed by atoms with van der Waals surface area (Å²) in [4.78, 5) is 25.2.